The smallest absolute Gasteiger partial charge is 0.228 e. The number of carbonyl (C=O) groups excluding carboxylic acids is 1. The molecule has 1 N–H and O–H groups in total. The minimum atomic E-state index is -4.01. The van der Waals surface area contributed by atoms with Crippen LogP contribution >= 0.6 is 0 Å². The van der Waals surface area contributed by atoms with Crippen LogP contribution in [0.25, 0.3) is 0 Å². The summed E-state index contributed by atoms with van der Waals surface area (Å²) in [6.07, 6.45) is 0. The molecular formula is C10H9F2NO3S. The van der Waals surface area contributed by atoms with E-state index in [9.17, 15) is 22.0 Å². The normalized spacial score (nSPS) is 22.5. The van der Waals surface area contributed by atoms with Gasteiger partial charge in [-0.15, -0.1) is 0 Å². The minimum absolute atomic E-state index is 0.210. The lowest BCUT2D eigenvalue weighted by Gasteiger charge is -2.07. The standard InChI is InChI=1S/C10H9F2NO3S/c1-5-4-17(15,16)9-7(13-10(5)14)3-2-6(11)8(9)12/h2-3,5H,4H2,1H3,(H,13,14). The molecule has 0 bridgehead atoms. The van der Waals surface area contributed by atoms with Gasteiger partial charge in [-0.2, -0.15) is 0 Å². The maximum absolute atomic E-state index is 13.5. The molecule has 1 heterocycles. The summed E-state index contributed by atoms with van der Waals surface area (Å²) in [6, 6.07) is 1.82. The molecule has 1 unspecified atom stereocenters. The Labute approximate surface area is 96.6 Å². The first-order valence-electron chi connectivity index (χ1n) is 4.84. The molecule has 92 valence electrons. The molecule has 1 aromatic rings. The second-order valence-electron chi connectivity index (χ2n) is 3.91. The molecule has 1 atom stereocenters. The maximum Gasteiger partial charge on any atom is 0.228 e. The number of carbonyl (C=O) groups is 1. The molecule has 17 heavy (non-hydrogen) atoms. The van der Waals surface area contributed by atoms with Crippen LogP contribution in [0.5, 0.6) is 0 Å². The number of hydrogen-bond acceptors (Lipinski definition) is 3. The van der Waals surface area contributed by atoms with E-state index < -0.39 is 43.9 Å². The van der Waals surface area contributed by atoms with Gasteiger partial charge in [0.05, 0.1) is 11.4 Å². The van der Waals surface area contributed by atoms with Crippen molar-refractivity contribution < 1.29 is 22.0 Å². The zero-order valence-corrected chi connectivity index (χ0v) is 9.64. The predicted octanol–water partition coefficient (Wildman–Crippen LogP) is 1.33. The fourth-order valence-corrected chi connectivity index (χ4v) is 3.48. The number of nitrogens with one attached hydrogen (secondary N) is 1. The molecule has 0 saturated carbocycles. The van der Waals surface area contributed by atoms with E-state index in [1.807, 2.05) is 0 Å². The fourth-order valence-electron chi connectivity index (χ4n) is 1.68. The summed E-state index contributed by atoms with van der Waals surface area (Å²) < 4.78 is 50.2. The highest BCUT2D eigenvalue weighted by atomic mass is 32.2. The number of hydrogen-bond donors (Lipinski definition) is 1. The van der Waals surface area contributed by atoms with Crippen LogP contribution in [0.4, 0.5) is 14.5 Å². The molecule has 1 aliphatic heterocycles. The zero-order valence-electron chi connectivity index (χ0n) is 8.83. The molecule has 1 amide bonds. The van der Waals surface area contributed by atoms with E-state index in [0.29, 0.717) is 0 Å². The van der Waals surface area contributed by atoms with Gasteiger partial charge < -0.3 is 5.32 Å². The van der Waals surface area contributed by atoms with Gasteiger partial charge in [0, 0.05) is 5.92 Å². The van der Waals surface area contributed by atoms with Crippen LogP contribution in [0.15, 0.2) is 17.0 Å². The molecule has 0 aromatic heterocycles. The van der Waals surface area contributed by atoms with Crippen molar-refractivity contribution in [1.29, 1.82) is 0 Å². The van der Waals surface area contributed by atoms with Gasteiger partial charge in [-0.1, -0.05) is 6.92 Å². The Balaban J connectivity index is 2.75. The van der Waals surface area contributed by atoms with E-state index in [1.165, 1.54) is 6.92 Å². The summed E-state index contributed by atoms with van der Waals surface area (Å²) in [5.74, 6) is -4.58. The van der Waals surface area contributed by atoms with Gasteiger partial charge in [0.25, 0.3) is 0 Å². The molecule has 0 fully saturated rings. The Morgan fingerprint density at radius 2 is 2.00 bits per heavy atom. The van der Waals surface area contributed by atoms with Crippen LogP contribution in [0, 0.1) is 17.6 Å². The lowest BCUT2D eigenvalue weighted by Crippen LogP contribution is -2.22. The number of rotatable bonds is 0. The van der Waals surface area contributed by atoms with E-state index in [4.69, 9.17) is 0 Å². The second-order valence-corrected chi connectivity index (χ2v) is 5.88. The third kappa shape index (κ3) is 1.90. The summed E-state index contributed by atoms with van der Waals surface area (Å²) >= 11 is 0. The Hall–Kier alpha value is -1.50. The molecule has 1 aromatic carbocycles. The Kier molecular flexibility index (Phi) is 2.65. The molecule has 0 saturated heterocycles. The minimum Gasteiger partial charge on any atom is -0.325 e. The van der Waals surface area contributed by atoms with Crippen molar-refractivity contribution in [2.24, 2.45) is 5.92 Å². The fraction of sp³-hybridized carbons (Fsp3) is 0.300. The van der Waals surface area contributed by atoms with Gasteiger partial charge >= 0.3 is 0 Å². The van der Waals surface area contributed by atoms with Crippen LogP contribution in [-0.2, 0) is 14.6 Å². The Morgan fingerprint density at radius 1 is 1.35 bits per heavy atom. The van der Waals surface area contributed by atoms with Crippen LogP contribution in [0.1, 0.15) is 6.92 Å². The van der Waals surface area contributed by atoms with Gasteiger partial charge in [0.2, 0.25) is 5.91 Å². The molecule has 4 nitrogen and oxygen atoms in total. The largest absolute Gasteiger partial charge is 0.325 e. The Morgan fingerprint density at radius 3 is 2.65 bits per heavy atom. The summed E-state index contributed by atoms with van der Waals surface area (Å²) in [4.78, 5) is 10.7. The zero-order chi connectivity index (χ0) is 12.8. The number of benzene rings is 1. The summed E-state index contributed by atoms with van der Waals surface area (Å²) in [5, 5.41) is 2.27. The second kappa shape index (κ2) is 3.76. The van der Waals surface area contributed by atoms with Gasteiger partial charge in [0.1, 0.15) is 4.90 Å². The molecule has 0 aliphatic carbocycles. The van der Waals surface area contributed by atoms with E-state index in [-0.39, 0.29) is 5.69 Å². The van der Waals surface area contributed by atoms with Crippen LogP contribution in [0.3, 0.4) is 0 Å². The number of fused-ring (bicyclic) bond motifs is 1. The van der Waals surface area contributed by atoms with Crippen molar-refractivity contribution in [2.75, 3.05) is 11.1 Å². The highest BCUT2D eigenvalue weighted by Gasteiger charge is 2.34. The Bertz CT molecular complexity index is 598. The van der Waals surface area contributed by atoms with Crippen molar-refractivity contribution in [3.63, 3.8) is 0 Å². The summed E-state index contributed by atoms with van der Waals surface area (Å²) in [5.41, 5.74) is -0.210. The molecule has 2 rings (SSSR count). The third-order valence-corrected chi connectivity index (χ3v) is 4.50. The first-order valence-corrected chi connectivity index (χ1v) is 6.50. The van der Waals surface area contributed by atoms with E-state index >= 15 is 0 Å². The average molecular weight is 261 g/mol. The molecule has 0 spiro atoms. The molecular weight excluding hydrogens is 252 g/mol. The lowest BCUT2D eigenvalue weighted by atomic mass is 10.2. The summed E-state index contributed by atoms with van der Waals surface area (Å²) in [7, 11) is -4.01. The van der Waals surface area contributed by atoms with Crippen molar-refractivity contribution in [3.05, 3.63) is 23.8 Å². The topological polar surface area (TPSA) is 63.2 Å². The van der Waals surface area contributed by atoms with E-state index in [2.05, 4.69) is 5.32 Å². The van der Waals surface area contributed by atoms with Gasteiger partial charge in [-0.3, -0.25) is 4.79 Å². The maximum atomic E-state index is 13.5. The summed E-state index contributed by atoms with van der Waals surface area (Å²) in [6.45, 7) is 1.41. The third-order valence-electron chi connectivity index (χ3n) is 2.54. The number of halogens is 2. The number of sulfone groups is 1. The first-order chi connectivity index (χ1) is 7.83. The number of amides is 1. The SMILES string of the molecule is CC1CS(=O)(=O)c2c(ccc(F)c2F)NC1=O. The van der Waals surface area contributed by atoms with E-state index in [0.717, 1.165) is 12.1 Å². The van der Waals surface area contributed by atoms with Gasteiger partial charge in [0.15, 0.2) is 21.5 Å². The highest BCUT2D eigenvalue weighted by molar-refractivity contribution is 7.91. The first kappa shape index (κ1) is 12.0. The van der Waals surface area contributed by atoms with Crippen molar-refractivity contribution in [3.8, 4) is 0 Å². The van der Waals surface area contributed by atoms with Crippen molar-refractivity contribution >= 4 is 21.4 Å². The van der Waals surface area contributed by atoms with Gasteiger partial charge in [-0.05, 0) is 12.1 Å². The van der Waals surface area contributed by atoms with Crippen molar-refractivity contribution in [1.82, 2.24) is 0 Å². The number of anilines is 1. The van der Waals surface area contributed by atoms with Crippen LogP contribution < -0.4 is 5.32 Å². The van der Waals surface area contributed by atoms with E-state index in [1.54, 1.807) is 0 Å². The molecule has 7 heteroatoms. The monoisotopic (exact) mass is 261 g/mol. The molecule has 0 radical (unpaired) electrons. The highest BCUT2D eigenvalue weighted by Crippen LogP contribution is 2.31. The lowest BCUT2D eigenvalue weighted by molar-refractivity contribution is -0.118. The predicted molar refractivity (Wildman–Crippen MR) is 56.2 cm³/mol. The quantitative estimate of drug-likeness (QED) is 0.766. The van der Waals surface area contributed by atoms with Crippen molar-refractivity contribution in [2.45, 2.75) is 11.8 Å². The van der Waals surface area contributed by atoms with Crippen LogP contribution in [-0.4, -0.2) is 20.1 Å². The van der Waals surface area contributed by atoms with Crippen LogP contribution in [0.2, 0.25) is 0 Å². The van der Waals surface area contributed by atoms with Gasteiger partial charge in [-0.25, -0.2) is 17.2 Å². The molecule has 1 aliphatic rings. The average Bonchev–Trinajstić information content (AvgIpc) is 2.29.